The Balaban J connectivity index is 1.54. The van der Waals surface area contributed by atoms with Gasteiger partial charge in [-0.05, 0) is 37.0 Å². The number of aliphatic hydroxyl groups excluding tert-OH is 1. The number of aliphatic hydroxyl groups is 1. The Hall–Kier alpha value is -1.46. The second kappa shape index (κ2) is 6.75. The molecule has 0 aromatic carbocycles. The van der Waals surface area contributed by atoms with Crippen LogP contribution < -0.4 is 0 Å². The Morgan fingerprint density at radius 3 is 2.59 bits per heavy atom. The Bertz CT molecular complexity index is 500. The van der Waals surface area contributed by atoms with Gasteiger partial charge in [-0.25, -0.2) is 0 Å². The number of pyridine rings is 1. The van der Waals surface area contributed by atoms with Crippen LogP contribution in [0.3, 0.4) is 0 Å². The lowest BCUT2D eigenvalue weighted by Gasteiger charge is -2.36. The van der Waals surface area contributed by atoms with Gasteiger partial charge in [-0.1, -0.05) is 0 Å². The smallest absolute Gasteiger partial charge is 0.219 e. The summed E-state index contributed by atoms with van der Waals surface area (Å²) in [7, 11) is 0. The van der Waals surface area contributed by atoms with E-state index < -0.39 is 0 Å². The van der Waals surface area contributed by atoms with Crippen molar-refractivity contribution in [1.29, 1.82) is 0 Å². The van der Waals surface area contributed by atoms with E-state index in [1.165, 1.54) is 5.56 Å². The lowest BCUT2D eigenvalue weighted by atomic mass is 9.97. The second-order valence-electron chi connectivity index (χ2n) is 6.58. The predicted molar refractivity (Wildman–Crippen MR) is 84.3 cm³/mol. The molecule has 2 aliphatic heterocycles. The number of amides is 1. The molecule has 0 unspecified atom stereocenters. The number of likely N-dealkylation sites (tertiary alicyclic amines) is 2. The van der Waals surface area contributed by atoms with Crippen molar-refractivity contribution in [2.75, 3.05) is 26.2 Å². The normalized spacial score (nSPS) is 27.3. The van der Waals surface area contributed by atoms with Crippen molar-refractivity contribution < 1.29 is 9.90 Å². The van der Waals surface area contributed by atoms with E-state index >= 15 is 0 Å². The molecule has 2 atom stereocenters. The van der Waals surface area contributed by atoms with Gasteiger partial charge in [-0.15, -0.1) is 0 Å². The first-order chi connectivity index (χ1) is 10.6. The number of piperidine rings is 1. The minimum Gasteiger partial charge on any atom is -0.391 e. The number of hydrogen-bond donors (Lipinski definition) is 1. The van der Waals surface area contributed by atoms with Crippen LogP contribution in [-0.4, -0.2) is 64.1 Å². The van der Waals surface area contributed by atoms with Gasteiger partial charge in [0.25, 0.3) is 0 Å². The van der Waals surface area contributed by atoms with Gasteiger partial charge in [0.05, 0.1) is 6.10 Å². The van der Waals surface area contributed by atoms with Crippen LogP contribution in [0.2, 0.25) is 0 Å². The summed E-state index contributed by atoms with van der Waals surface area (Å²) >= 11 is 0. The largest absolute Gasteiger partial charge is 0.391 e. The third kappa shape index (κ3) is 3.47. The molecule has 0 spiro atoms. The van der Waals surface area contributed by atoms with Crippen molar-refractivity contribution in [2.24, 2.45) is 5.92 Å². The van der Waals surface area contributed by atoms with Crippen molar-refractivity contribution in [1.82, 2.24) is 14.8 Å². The van der Waals surface area contributed by atoms with E-state index in [2.05, 4.69) is 9.88 Å². The highest BCUT2D eigenvalue weighted by Crippen LogP contribution is 2.27. The number of hydrogen-bond acceptors (Lipinski definition) is 4. The lowest BCUT2D eigenvalue weighted by molar-refractivity contribution is -0.130. The van der Waals surface area contributed by atoms with Crippen LogP contribution in [-0.2, 0) is 11.2 Å². The number of β-amino-alcohol motifs (C(OH)–C–C–N with tert-alkyl or cyclic N) is 1. The number of carbonyl (C=O) groups excluding carboxylic acids is 1. The zero-order valence-electron chi connectivity index (χ0n) is 13.2. The third-order valence-electron chi connectivity index (χ3n) is 5.11. The summed E-state index contributed by atoms with van der Waals surface area (Å²) in [5.74, 6) is 0.476. The highest BCUT2D eigenvalue weighted by molar-refractivity contribution is 5.73. The summed E-state index contributed by atoms with van der Waals surface area (Å²) in [6.45, 7) is 5.06. The molecule has 1 aromatic heterocycles. The first kappa shape index (κ1) is 15.4. The molecular formula is C17H25N3O2. The minimum absolute atomic E-state index is 0.176. The van der Waals surface area contributed by atoms with Gasteiger partial charge >= 0.3 is 0 Å². The Kier molecular flexibility index (Phi) is 4.74. The maximum absolute atomic E-state index is 11.4. The average molecular weight is 303 g/mol. The molecule has 0 bridgehead atoms. The van der Waals surface area contributed by atoms with Gasteiger partial charge in [0.15, 0.2) is 0 Å². The van der Waals surface area contributed by atoms with E-state index in [-0.39, 0.29) is 12.0 Å². The molecule has 1 aromatic rings. The monoisotopic (exact) mass is 303 g/mol. The van der Waals surface area contributed by atoms with Crippen LogP contribution in [0.4, 0.5) is 0 Å². The zero-order valence-corrected chi connectivity index (χ0v) is 13.2. The molecule has 0 saturated carbocycles. The van der Waals surface area contributed by atoms with Gasteiger partial charge in [0.2, 0.25) is 5.91 Å². The first-order valence-electron chi connectivity index (χ1n) is 8.20. The summed E-state index contributed by atoms with van der Waals surface area (Å²) < 4.78 is 0. The van der Waals surface area contributed by atoms with E-state index in [1.807, 2.05) is 29.4 Å². The fourth-order valence-corrected chi connectivity index (χ4v) is 3.75. The maximum atomic E-state index is 11.4. The summed E-state index contributed by atoms with van der Waals surface area (Å²) in [5.41, 5.74) is 1.24. The number of aromatic nitrogens is 1. The third-order valence-corrected chi connectivity index (χ3v) is 5.11. The maximum Gasteiger partial charge on any atom is 0.219 e. The van der Waals surface area contributed by atoms with Crippen molar-refractivity contribution in [3.05, 3.63) is 30.1 Å². The van der Waals surface area contributed by atoms with Crippen LogP contribution in [0.25, 0.3) is 0 Å². The molecule has 2 saturated heterocycles. The summed E-state index contributed by atoms with van der Waals surface area (Å²) in [4.78, 5) is 19.8. The van der Waals surface area contributed by atoms with Crippen molar-refractivity contribution in [3.8, 4) is 0 Å². The topological polar surface area (TPSA) is 56.7 Å². The van der Waals surface area contributed by atoms with Crippen LogP contribution in [0, 0.1) is 5.92 Å². The Morgan fingerprint density at radius 1 is 1.27 bits per heavy atom. The highest BCUT2D eigenvalue weighted by Gasteiger charge is 2.36. The summed E-state index contributed by atoms with van der Waals surface area (Å²) in [6.07, 6.45) is 6.33. The van der Waals surface area contributed by atoms with Crippen molar-refractivity contribution in [2.45, 2.75) is 38.3 Å². The number of rotatable bonds is 3. The van der Waals surface area contributed by atoms with Gasteiger partial charge in [-0.2, -0.15) is 0 Å². The fourth-order valence-electron chi connectivity index (χ4n) is 3.75. The number of nitrogens with zero attached hydrogens (tertiary/aromatic N) is 3. The van der Waals surface area contributed by atoms with E-state index in [4.69, 9.17) is 0 Å². The summed E-state index contributed by atoms with van der Waals surface area (Å²) in [6, 6.07) is 4.56. The molecule has 2 fully saturated rings. The molecule has 1 N–H and O–H groups in total. The summed E-state index contributed by atoms with van der Waals surface area (Å²) in [5, 5.41) is 10.4. The van der Waals surface area contributed by atoms with Gasteiger partial charge in [0, 0.05) is 57.5 Å². The molecule has 0 radical (unpaired) electrons. The van der Waals surface area contributed by atoms with Crippen molar-refractivity contribution in [3.63, 3.8) is 0 Å². The molecule has 2 aliphatic rings. The minimum atomic E-state index is -0.251. The molecule has 3 rings (SSSR count). The van der Waals surface area contributed by atoms with E-state index in [9.17, 15) is 9.90 Å². The van der Waals surface area contributed by atoms with E-state index in [1.54, 1.807) is 6.92 Å². The van der Waals surface area contributed by atoms with Crippen LogP contribution in [0.1, 0.15) is 25.3 Å². The highest BCUT2D eigenvalue weighted by atomic mass is 16.3. The first-order valence-corrected chi connectivity index (χ1v) is 8.20. The van der Waals surface area contributed by atoms with Gasteiger partial charge < -0.3 is 10.0 Å². The SMILES string of the molecule is CC(=O)N1CCC(N2C[C@@H](Cc3ccncc3)[C@H](O)C2)CC1. The van der Waals surface area contributed by atoms with E-state index in [0.29, 0.717) is 12.0 Å². The number of carbonyl (C=O) groups is 1. The molecule has 3 heterocycles. The predicted octanol–water partition coefficient (Wildman–Crippen LogP) is 0.928. The lowest BCUT2D eigenvalue weighted by Crippen LogP contribution is -2.45. The van der Waals surface area contributed by atoms with Crippen LogP contribution in [0.5, 0.6) is 0 Å². The molecule has 22 heavy (non-hydrogen) atoms. The van der Waals surface area contributed by atoms with Crippen LogP contribution in [0.15, 0.2) is 24.5 Å². The second-order valence-corrected chi connectivity index (χ2v) is 6.58. The molecule has 5 nitrogen and oxygen atoms in total. The molecule has 1 amide bonds. The standard InChI is InChI=1S/C17H25N3O2/c1-13(21)19-8-4-16(5-9-19)20-11-15(17(22)12-20)10-14-2-6-18-7-3-14/h2-3,6-7,15-17,22H,4-5,8-12H2,1H3/t15-,17-/m1/s1. The molecular weight excluding hydrogens is 278 g/mol. The Labute approximate surface area is 131 Å². The van der Waals surface area contributed by atoms with Gasteiger partial charge in [-0.3, -0.25) is 14.7 Å². The van der Waals surface area contributed by atoms with Crippen molar-refractivity contribution >= 4 is 5.91 Å². The Morgan fingerprint density at radius 2 is 1.95 bits per heavy atom. The molecule has 5 heteroatoms. The average Bonchev–Trinajstić information content (AvgIpc) is 2.89. The molecule has 0 aliphatic carbocycles. The van der Waals surface area contributed by atoms with Gasteiger partial charge in [0.1, 0.15) is 0 Å². The van der Waals surface area contributed by atoms with Crippen LogP contribution >= 0.6 is 0 Å². The fraction of sp³-hybridized carbons (Fsp3) is 0.647. The quantitative estimate of drug-likeness (QED) is 0.902. The zero-order chi connectivity index (χ0) is 15.5. The molecule has 120 valence electrons. The van der Waals surface area contributed by atoms with E-state index in [0.717, 1.165) is 45.4 Å².